The fourth-order valence-electron chi connectivity index (χ4n) is 8.20. The molecule has 0 saturated heterocycles. The summed E-state index contributed by atoms with van der Waals surface area (Å²) >= 11 is 0. The summed E-state index contributed by atoms with van der Waals surface area (Å²) in [6.07, 6.45) is 8.43. The minimum absolute atomic E-state index is 0.217. The molecule has 4 saturated carbocycles. The van der Waals surface area contributed by atoms with Crippen LogP contribution in [0.25, 0.3) is 10.6 Å². The number of nitrogens with zero attached hydrogens (tertiary/aromatic N) is 2. The standard InChI is InChI=1S/C22H38N2/c1-13-11-15-12-14(2)22(4,24-6)18-8-7-17-20(19(15)18)16(13)9-10-21(17,3)23-5/h13-20H,7-12H2,1-6H3/q-2/t13-,14+,15-,16+,17-,18-,19+,20+,21-,22+/m0/s1. The first-order chi connectivity index (χ1) is 11.4. The molecule has 2 nitrogen and oxygen atoms in total. The van der Waals surface area contributed by atoms with E-state index in [9.17, 15) is 0 Å². The summed E-state index contributed by atoms with van der Waals surface area (Å²) in [7, 11) is 4.18. The van der Waals surface area contributed by atoms with Crippen molar-refractivity contribution in [3.05, 3.63) is 10.6 Å². The summed E-state index contributed by atoms with van der Waals surface area (Å²) < 4.78 is 0. The highest BCUT2D eigenvalue weighted by molar-refractivity contribution is 5.21. The zero-order valence-electron chi connectivity index (χ0n) is 16.8. The van der Waals surface area contributed by atoms with Gasteiger partial charge in [0.05, 0.1) is 0 Å². The lowest BCUT2D eigenvalue weighted by Gasteiger charge is -2.72. The second-order valence-electron chi connectivity index (χ2n) is 10.3. The Labute approximate surface area is 149 Å². The molecular weight excluding hydrogens is 292 g/mol. The third kappa shape index (κ3) is 2.14. The first-order valence-corrected chi connectivity index (χ1v) is 10.6. The van der Waals surface area contributed by atoms with E-state index < -0.39 is 0 Å². The lowest BCUT2D eigenvalue weighted by molar-refractivity contribution is -0.140. The highest BCUT2D eigenvalue weighted by Gasteiger charge is 2.59. The lowest BCUT2D eigenvalue weighted by Crippen LogP contribution is -2.63. The smallest absolute Gasteiger partial charge is 0.0333 e. The molecule has 0 radical (unpaired) electrons. The summed E-state index contributed by atoms with van der Waals surface area (Å²) in [5, 5.41) is 9.98. The molecule has 0 heterocycles. The van der Waals surface area contributed by atoms with Crippen LogP contribution in [0.4, 0.5) is 0 Å². The van der Waals surface area contributed by atoms with E-state index in [2.05, 4.69) is 41.8 Å². The van der Waals surface area contributed by atoms with E-state index in [0.29, 0.717) is 0 Å². The van der Waals surface area contributed by atoms with E-state index in [1.165, 1.54) is 38.5 Å². The summed E-state index contributed by atoms with van der Waals surface area (Å²) in [5.74, 6) is 7.11. The molecule has 0 aliphatic heterocycles. The van der Waals surface area contributed by atoms with Crippen LogP contribution >= 0.6 is 0 Å². The third-order valence-electron chi connectivity index (χ3n) is 9.79. The molecule has 4 aliphatic rings. The number of rotatable bonds is 2. The van der Waals surface area contributed by atoms with Crippen LogP contribution in [0.5, 0.6) is 0 Å². The molecule has 0 N–H and O–H groups in total. The Bertz CT molecular complexity index is 490. The second-order valence-corrected chi connectivity index (χ2v) is 10.3. The molecule has 4 rings (SSSR count). The molecule has 0 amide bonds. The van der Waals surface area contributed by atoms with Gasteiger partial charge in [-0.15, -0.1) is 11.1 Å². The molecule has 4 aliphatic carbocycles. The first-order valence-electron chi connectivity index (χ1n) is 10.6. The van der Waals surface area contributed by atoms with E-state index in [4.69, 9.17) is 10.6 Å². The Morgan fingerprint density at radius 3 is 2.21 bits per heavy atom. The Morgan fingerprint density at radius 1 is 0.833 bits per heavy atom. The largest absolute Gasteiger partial charge is 0.659 e. The van der Waals surface area contributed by atoms with Crippen molar-refractivity contribution < 1.29 is 0 Å². The predicted molar refractivity (Wildman–Crippen MR) is 102 cm³/mol. The SMILES string of the molecule is C[N-][C@]1(C)[C@H](C)C[C@@H]2C[C@H](C)[C@H]3CC[C@](C)([N-]C)[C@H]4CC[C@H]1[C@@H]2[C@H]34. The second kappa shape index (κ2) is 5.71. The number of hydrogen-bond donors (Lipinski definition) is 0. The van der Waals surface area contributed by atoms with Crippen molar-refractivity contribution >= 4 is 0 Å². The maximum Gasteiger partial charge on any atom is -0.0333 e. The van der Waals surface area contributed by atoms with Crippen LogP contribution in [0.1, 0.15) is 66.2 Å². The predicted octanol–water partition coefficient (Wildman–Crippen LogP) is 5.88. The van der Waals surface area contributed by atoms with E-state index in [1.807, 2.05) is 0 Å². The van der Waals surface area contributed by atoms with E-state index in [-0.39, 0.29) is 11.1 Å². The van der Waals surface area contributed by atoms with Crippen LogP contribution in [0, 0.1) is 47.3 Å². The lowest BCUT2D eigenvalue weighted by atomic mass is 9.40. The molecule has 0 aromatic carbocycles. The van der Waals surface area contributed by atoms with Crippen LogP contribution in [0.2, 0.25) is 0 Å². The molecule has 24 heavy (non-hydrogen) atoms. The summed E-state index contributed by atoms with van der Waals surface area (Å²) in [6.45, 7) is 10.0. The maximum atomic E-state index is 5.02. The molecule has 0 unspecified atom stereocenters. The van der Waals surface area contributed by atoms with Crippen LogP contribution in [0.3, 0.4) is 0 Å². The highest BCUT2D eigenvalue weighted by Crippen LogP contribution is 2.67. The van der Waals surface area contributed by atoms with Crippen molar-refractivity contribution in [3.63, 3.8) is 0 Å². The van der Waals surface area contributed by atoms with Gasteiger partial charge in [-0.05, 0) is 42.4 Å². The van der Waals surface area contributed by atoms with Gasteiger partial charge >= 0.3 is 0 Å². The summed E-state index contributed by atoms with van der Waals surface area (Å²) in [5.41, 5.74) is 0.463. The van der Waals surface area contributed by atoms with Gasteiger partial charge in [-0.25, -0.2) is 0 Å². The van der Waals surface area contributed by atoms with Gasteiger partial charge in [-0.3, -0.25) is 0 Å². The molecule has 2 heteroatoms. The van der Waals surface area contributed by atoms with Gasteiger partial charge in [0.25, 0.3) is 0 Å². The summed E-state index contributed by atoms with van der Waals surface area (Å²) in [6, 6.07) is 0. The Morgan fingerprint density at radius 2 is 1.54 bits per heavy atom. The van der Waals surface area contributed by atoms with Crippen LogP contribution in [0.15, 0.2) is 0 Å². The average Bonchev–Trinajstić information content (AvgIpc) is 2.58. The van der Waals surface area contributed by atoms with E-state index in [0.717, 1.165) is 47.3 Å². The van der Waals surface area contributed by atoms with Crippen molar-refractivity contribution in [1.29, 1.82) is 0 Å². The Hall–Kier alpha value is -0.0800. The van der Waals surface area contributed by atoms with Gasteiger partial charge in [-0.1, -0.05) is 71.1 Å². The molecule has 0 bridgehead atoms. The van der Waals surface area contributed by atoms with Crippen molar-refractivity contribution in [2.75, 3.05) is 14.1 Å². The van der Waals surface area contributed by atoms with Crippen molar-refractivity contribution in [2.24, 2.45) is 47.3 Å². The molecule has 4 fully saturated rings. The normalized spacial score (nSPS) is 59.8. The molecule has 0 spiro atoms. The quantitative estimate of drug-likeness (QED) is 0.605. The van der Waals surface area contributed by atoms with Gasteiger partial charge in [-0.2, -0.15) is 14.1 Å². The van der Waals surface area contributed by atoms with Crippen LogP contribution in [-0.4, -0.2) is 25.2 Å². The Kier molecular flexibility index (Phi) is 4.12. The Balaban J connectivity index is 1.75. The van der Waals surface area contributed by atoms with E-state index >= 15 is 0 Å². The van der Waals surface area contributed by atoms with Crippen molar-refractivity contribution in [1.82, 2.24) is 0 Å². The van der Waals surface area contributed by atoms with Gasteiger partial charge in [0.15, 0.2) is 0 Å². The number of hydrogen-bond acceptors (Lipinski definition) is 0. The zero-order valence-corrected chi connectivity index (χ0v) is 16.8. The zero-order chi connectivity index (χ0) is 17.3. The van der Waals surface area contributed by atoms with Gasteiger partial charge in [0, 0.05) is 0 Å². The average molecular weight is 331 g/mol. The first kappa shape index (κ1) is 17.3. The van der Waals surface area contributed by atoms with Crippen LogP contribution < -0.4 is 0 Å². The summed E-state index contributed by atoms with van der Waals surface area (Å²) in [4.78, 5) is 0. The van der Waals surface area contributed by atoms with Crippen molar-refractivity contribution in [3.8, 4) is 0 Å². The maximum absolute atomic E-state index is 5.02. The monoisotopic (exact) mass is 330 g/mol. The fourth-order valence-corrected chi connectivity index (χ4v) is 8.20. The van der Waals surface area contributed by atoms with Crippen molar-refractivity contribution in [2.45, 2.75) is 77.3 Å². The third-order valence-corrected chi connectivity index (χ3v) is 9.79. The highest BCUT2D eigenvalue weighted by atomic mass is 15.0. The molecular formula is C22H38N2-2. The minimum Gasteiger partial charge on any atom is -0.659 e. The fraction of sp³-hybridized carbons (Fsp3) is 1.00. The van der Waals surface area contributed by atoms with Gasteiger partial charge in [0.2, 0.25) is 0 Å². The van der Waals surface area contributed by atoms with Crippen LogP contribution in [-0.2, 0) is 0 Å². The minimum atomic E-state index is 0.217. The molecule has 138 valence electrons. The molecule has 0 aromatic heterocycles. The van der Waals surface area contributed by atoms with E-state index in [1.54, 1.807) is 0 Å². The molecule has 10 atom stereocenters. The topological polar surface area (TPSA) is 28.2 Å². The molecule has 0 aromatic rings. The van der Waals surface area contributed by atoms with Gasteiger partial charge < -0.3 is 10.6 Å². The van der Waals surface area contributed by atoms with Gasteiger partial charge in [0.1, 0.15) is 0 Å².